The standard InChI is InChI=1S/C11H15ClNO5P/c1-11(2,13-16-3)10(14)18-19(12,15)17-9-7-5-4-6-8-9/h4-8,13H,1-3H3. The van der Waals surface area contributed by atoms with Crippen molar-refractivity contribution in [3.05, 3.63) is 30.3 Å². The van der Waals surface area contributed by atoms with Gasteiger partial charge < -0.3 is 13.9 Å². The summed E-state index contributed by atoms with van der Waals surface area (Å²) in [6.07, 6.45) is 0. The number of hydrogen-bond acceptors (Lipinski definition) is 6. The highest BCUT2D eigenvalue weighted by molar-refractivity contribution is 7.82. The second kappa shape index (κ2) is 6.39. The van der Waals surface area contributed by atoms with Gasteiger partial charge in [0.2, 0.25) is 0 Å². The average molecular weight is 308 g/mol. The average Bonchev–Trinajstić information content (AvgIpc) is 2.28. The van der Waals surface area contributed by atoms with Gasteiger partial charge in [0, 0.05) is 11.2 Å². The summed E-state index contributed by atoms with van der Waals surface area (Å²) in [5, 5.41) is 0. The van der Waals surface area contributed by atoms with Crippen molar-refractivity contribution in [2.24, 2.45) is 0 Å². The van der Waals surface area contributed by atoms with Crippen molar-refractivity contribution in [1.82, 2.24) is 5.48 Å². The summed E-state index contributed by atoms with van der Waals surface area (Å²) in [6.45, 7) is -1.09. The fourth-order valence-electron chi connectivity index (χ4n) is 1.14. The van der Waals surface area contributed by atoms with Crippen molar-refractivity contribution < 1.29 is 23.2 Å². The predicted molar refractivity (Wildman–Crippen MR) is 70.8 cm³/mol. The molecule has 0 aliphatic carbocycles. The normalized spacial score (nSPS) is 14.5. The van der Waals surface area contributed by atoms with Crippen LogP contribution < -0.4 is 10.0 Å². The van der Waals surface area contributed by atoms with Crippen molar-refractivity contribution in [1.29, 1.82) is 0 Å². The van der Waals surface area contributed by atoms with E-state index in [0.29, 0.717) is 0 Å². The van der Waals surface area contributed by atoms with Crippen molar-refractivity contribution in [2.75, 3.05) is 7.11 Å². The molecule has 1 aromatic rings. The Hall–Kier alpha value is -1.07. The van der Waals surface area contributed by atoms with E-state index in [-0.39, 0.29) is 5.75 Å². The molecule has 0 heterocycles. The summed E-state index contributed by atoms with van der Waals surface area (Å²) >= 11 is 5.59. The number of nitrogens with one attached hydrogen (secondary N) is 1. The summed E-state index contributed by atoms with van der Waals surface area (Å²) in [7, 11) is 1.34. The summed E-state index contributed by atoms with van der Waals surface area (Å²) in [4.78, 5) is 16.4. The smallest absolute Gasteiger partial charge is 0.405 e. The zero-order valence-corrected chi connectivity index (χ0v) is 12.4. The van der Waals surface area contributed by atoms with Gasteiger partial charge in [-0.25, -0.2) is 9.36 Å². The lowest BCUT2D eigenvalue weighted by Gasteiger charge is -2.23. The Labute approximate surface area is 116 Å². The third kappa shape index (κ3) is 5.20. The lowest BCUT2D eigenvalue weighted by molar-refractivity contribution is -0.146. The number of halogens is 1. The van der Waals surface area contributed by atoms with Crippen LogP contribution in [0.2, 0.25) is 0 Å². The van der Waals surface area contributed by atoms with Gasteiger partial charge in [-0.2, -0.15) is 5.48 Å². The first kappa shape index (κ1) is 16.0. The van der Waals surface area contributed by atoms with Gasteiger partial charge >= 0.3 is 12.9 Å². The molecule has 8 heteroatoms. The van der Waals surface area contributed by atoms with Crippen molar-refractivity contribution in [3.63, 3.8) is 0 Å². The van der Waals surface area contributed by atoms with Gasteiger partial charge in [0.05, 0.1) is 7.11 Å². The van der Waals surface area contributed by atoms with E-state index in [0.717, 1.165) is 0 Å². The van der Waals surface area contributed by atoms with Crippen molar-refractivity contribution in [3.8, 4) is 5.75 Å². The maximum Gasteiger partial charge on any atom is 0.532 e. The van der Waals surface area contributed by atoms with Gasteiger partial charge in [-0.05, 0) is 26.0 Å². The summed E-state index contributed by atoms with van der Waals surface area (Å²) in [5.41, 5.74) is 1.19. The van der Waals surface area contributed by atoms with E-state index in [2.05, 4.69) is 14.8 Å². The minimum atomic E-state index is -4.06. The molecule has 19 heavy (non-hydrogen) atoms. The molecule has 1 rings (SSSR count). The Kier molecular flexibility index (Phi) is 5.38. The maximum atomic E-state index is 11.9. The molecule has 0 aromatic heterocycles. The molecule has 0 saturated carbocycles. The first-order valence-corrected chi connectivity index (χ1v) is 7.80. The van der Waals surface area contributed by atoms with Gasteiger partial charge in [0.15, 0.2) is 0 Å². The highest BCUT2D eigenvalue weighted by atomic mass is 35.7. The van der Waals surface area contributed by atoms with Crippen LogP contribution in [-0.4, -0.2) is 18.6 Å². The van der Waals surface area contributed by atoms with Crippen LogP contribution in [-0.2, 0) is 18.7 Å². The van der Waals surface area contributed by atoms with E-state index >= 15 is 0 Å². The lowest BCUT2D eigenvalue weighted by atomic mass is 10.1. The quantitative estimate of drug-likeness (QED) is 0.643. The highest BCUT2D eigenvalue weighted by Crippen LogP contribution is 2.53. The van der Waals surface area contributed by atoms with Crippen LogP contribution in [0.4, 0.5) is 0 Å². The molecule has 0 aliphatic rings. The summed E-state index contributed by atoms with van der Waals surface area (Å²) < 4.78 is 21.5. The molecule has 1 aromatic carbocycles. The number of benzene rings is 1. The first-order chi connectivity index (χ1) is 8.77. The Morgan fingerprint density at radius 1 is 1.32 bits per heavy atom. The maximum absolute atomic E-state index is 11.9. The van der Waals surface area contributed by atoms with Gasteiger partial charge in [0.25, 0.3) is 0 Å². The Balaban J connectivity index is 2.70. The number of hydroxylamine groups is 1. The zero-order chi connectivity index (χ0) is 14.5. The number of carbonyl (C=O) groups is 1. The lowest BCUT2D eigenvalue weighted by Crippen LogP contribution is -2.46. The second-order valence-corrected chi connectivity index (χ2v) is 6.61. The molecule has 0 spiro atoms. The van der Waals surface area contributed by atoms with Gasteiger partial charge in [0.1, 0.15) is 11.3 Å². The van der Waals surface area contributed by atoms with E-state index in [1.165, 1.54) is 21.0 Å². The van der Waals surface area contributed by atoms with Crippen LogP contribution in [0.25, 0.3) is 0 Å². The largest absolute Gasteiger partial charge is 0.532 e. The van der Waals surface area contributed by atoms with Gasteiger partial charge in [-0.1, -0.05) is 18.2 Å². The monoisotopic (exact) mass is 307 g/mol. The second-order valence-electron chi connectivity index (χ2n) is 4.14. The fraction of sp³-hybridized carbons (Fsp3) is 0.364. The van der Waals surface area contributed by atoms with Crippen LogP contribution in [0.5, 0.6) is 5.75 Å². The molecule has 0 saturated heterocycles. The Bertz CT molecular complexity index is 479. The third-order valence-electron chi connectivity index (χ3n) is 2.02. The fourth-order valence-corrected chi connectivity index (χ4v) is 2.40. The molecule has 0 fully saturated rings. The van der Waals surface area contributed by atoms with E-state index in [4.69, 9.17) is 15.8 Å². The minimum Gasteiger partial charge on any atom is -0.405 e. The molecular formula is C11H15ClNO5P. The Morgan fingerprint density at radius 2 is 1.89 bits per heavy atom. The van der Waals surface area contributed by atoms with Crippen molar-refractivity contribution >= 4 is 24.2 Å². The molecule has 0 radical (unpaired) electrons. The molecular weight excluding hydrogens is 293 g/mol. The summed E-state index contributed by atoms with van der Waals surface area (Å²) in [5.74, 6) is -0.616. The first-order valence-electron chi connectivity index (χ1n) is 5.35. The van der Waals surface area contributed by atoms with Crippen LogP contribution >= 0.6 is 18.2 Å². The third-order valence-corrected chi connectivity index (χ3v) is 3.24. The zero-order valence-electron chi connectivity index (χ0n) is 10.8. The van der Waals surface area contributed by atoms with Crippen molar-refractivity contribution in [2.45, 2.75) is 19.4 Å². The molecule has 0 bridgehead atoms. The molecule has 1 atom stereocenters. The number of para-hydroxylation sites is 1. The summed E-state index contributed by atoms with van der Waals surface area (Å²) in [6, 6.07) is 8.18. The molecule has 0 aliphatic heterocycles. The Morgan fingerprint density at radius 3 is 2.42 bits per heavy atom. The van der Waals surface area contributed by atoms with E-state index in [9.17, 15) is 9.36 Å². The molecule has 0 amide bonds. The molecule has 6 nitrogen and oxygen atoms in total. The SMILES string of the molecule is CONC(C)(C)C(=O)OP(=O)(Cl)Oc1ccccc1. The van der Waals surface area contributed by atoms with Gasteiger partial charge in [-0.3, -0.25) is 0 Å². The van der Waals surface area contributed by atoms with Crippen LogP contribution in [0, 0.1) is 0 Å². The van der Waals surface area contributed by atoms with E-state index < -0.39 is 18.5 Å². The van der Waals surface area contributed by atoms with Gasteiger partial charge in [-0.15, -0.1) is 0 Å². The molecule has 106 valence electrons. The topological polar surface area (TPSA) is 73.9 Å². The van der Waals surface area contributed by atoms with Crippen LogP contribution in [0.15, 0.2) is 30.3 Å². The van der Waals surface area contributed by atoms with E-state index in [1.807, 2.05) is 0 Å². The molecule has 1 unspecified atom stereocenters. The van der Waals surface area contributed by atoms with Crippen LogP contribution in [0.1, 0.15) is 13.8 Å². The molecule has 1 N–H and O–H groups in total. The minimum absolute atomic E-state index is 0.242. The number of rotatable bonds is 6. The highest BCUT2D eigenvalue weighted by Gasteiger charge is 2.37. The van der Waals surface area contributed by atoms with E-state index in [1.54, 1.807) is 30.3 Å². The van der Waals surface area contributed by atoms with Crippen LogP contribution in [0.3, 0.4) is 0 Å². The number of carbonyl (C=O) groups excluding carboxylic acids is 1. The number of hydrogen-bond donors (Lipinski definition) is 1. The predicted octanol–water partition coefficient (Wildman–Crippen LogP) is 2.89.